The molecule has 3 rings (SSSR count). The van der Waals surface area contributed by atoms with Crippen LogP contribution in [-0.4, -0.2) is 80.8 Å². The van der Waals surface area contributed by atoms with E-state index in [1.807, 2.05) is 12.1 Å². The maximum atomic E-state index is 13.2. The van der Waals surface area contributed by atoms with E-state index in [9.17, 15) is 22.8 Å². The standard InChI is InChI=1S/C26H30N6O6S2/c1-4-38-26(35)31-16-11-20-21(17-31)39-24(22(20)25(34)30(2)3)29-23(33)18-7-9-19(10-8-18)40(36,37)32(14-5-12-27)15-6-13-28/h7-10H,4-6,11,14-17H2,1-3H3,(H,29,33). The predicted molar refractivity (Wildman–Crippen MR) is 147 cm³/mol. The number of hydrogen-bond acceptors (Lipinski definition) is 9. The second-order valence-corrected chi connectivity index (χ2v) is 12.0. The fourth-order valence-corrected chi connectivity index (χ4v) is 6.81. The lowest BCUT2D eigenvalue weighted by Crippen LogP contribution is -2.36. The molecule has 0 aliphatic carbocycles. The average molecular weight is 587 g/mol. The third-order valence-electron chi connectivity index (χ3n) is 6.13. The van der Waals surface area contributed by atoms with Gasteiger partial charge in [-0.2, -0.15) is 14.8 Å². The van der Waals surface area contributed by atoms with Crippen LogP contribution in [0, 0.1) is 22.7 Å². The van der Waals surface area contributed by atoms with Gasteiger partial charge in [-0.25, -0.2) is 13.2 Å². The molecule has 1 aliphatic rings. The number of nitriles is 2. The summed E-state index contributed by atoms with van der Waals surface area (Å²) in [7, 11) is -0.759. The van der Waals surface area contributed by atoms with Crippen molar-refractivity contribution in [2.24, 2.45) is 0 Å². The van der Waals surface area contributed by atoms with Crippen LogP contribution in [0.2, 0.25) is 0 Å². The molecule has 0 saturated carbocycles. The minimum Gasteiger partial charge on any atom is -0.450 e. The van der Waals surface area contributed by atoms with Crippen LogP contribution in [0.1, 0.15) is 50.9 Å². The number of carbonyl (C=O) groups excluding carboxylic acids is 3. The van der Waals surface area contributed by atoms with Gasteiger partial charge in [-0.05, 0) is 43.2 Å². The average Bonchev–Trinajstić information content (AvgIpc) is 3.29. The number of fused-ring (bicyclic) bond motifs is 1. The van der Waals surface area contributed by atoms with E-state index in [2.05, 4.69) is 5.32 Å². The second-order valence-electron chi connectivity index (χ2n) is 8.98. The maximum absolute atomic E-state index is 13.2. The van der Waals surface area contributed by atoms with E-state index >= 15 is 0 Å². The fourth-order valence-electron chi connectivity index (χ4n) is 4.12. The van der Waals surface area contributed by atoms with Gasteiger partial charge in [-0.15, -0.1) is 11.3 Å². The van der Waals surface area contributed by atoms with Gasteiger partial charge in [-0.3, -0.25) is 9.59 Å². The molecule has 1 aliphatic heterocycles. The SMILES string of the molecule is CCOC(=O)N1CCc2c(sc(NC(=O)c3ccc(S(=O)(=O)N(CCC#N)CCC#N)cc3)c2C(=O)N(C)C)C1. The molecule has 0 unspecified atom stereocenters. The van der Waals surface area contributed by atoms with E-state index in [4.69, 9.17) is 15.3 Å². The molecule has 12 nitrogen and oxygen atoms in total. The molecule has 0 saturated heterocycles. The van der Waals surface area contributed by atoms with E-state index in [0.29, 0.717) is 23.5 Å². The zero-order valence-electron chi connectivity index (χ0n) is 22.5. The topological polar surface area (TPSA) is 164 Å². The summed E-state index contributed by atoms with van der Waals surface area (Å²) in [6, 6.07) is 9.10. The van der Waals surface area contributed by atoms with Crippen LogP contribution < -0.4 is 5.32 Å². The first kappa shape index (κ1) is 30.6. The number of nitrogens with zero attached hydrogens (tertiary/aromatic N) is 5. The number of anilines is 1. The van der Waals surface area contributed by atoms with Crippen LogP contribution in [-0.2, 0) is 27.7 Å². The van der Waals surface area contributed by atoms with E-state index in [0.717, 1.165) is 14.7 Å². The van der Waals surface area contributed by atoms with Crippen molar-refractivity contribution >= 4 is 44.3 Å². The summed E-state index contributed by atoms with van der Waals surface area (Å²) in [5, 5.41) is 20.9. The van der Waals surface area contributed by atoms with E-state index in [1.54, 1.807) is 25.9 Å². The molecule has 0 bridgehead atoms. The fraction of sp³-hybridized carbons (Fsp3) is 0.423. The van der Waals surface area contributed by atoms with Gasteiger partial charge in [0.05, 0.1) is 35.7 Å². The Hall–Kier alpha value is -3.98. The van der Waals surface area contributed by atoms with Gasteiger partial charge in [0.2, 0.25) is 10.0 Å². The molecule has 0 radical (unpaired) electrons. The molecule has 0 atom stereocenters. The molecular formula is C26H30N6O6S2. The molecule has 0 spiro atoms. The molecule has 0 fully saturated rings. The summed E-state index contributed by atoms with van der Waals surface area (Å²) >= 11 is 1.21. The van der Waals surface area contributed by atoms with Crippen LogP contribution >= 0.6 is 11.3 Å². The van der Waals surface area contributed by atoms with Crippen molar-refractivity contribution in [3.8, 4) is 12.1 Å². The second kappa shape index (κ2) is 13.4. The first-order valence-electron chi connectivity index (χ1n) is 12.5. The minimum atomic E-state index is -3.98. The highest BCUT2D eigenvalue weighted by Crippen LogP contribution is 2.38. The summed E-state index contributed by atoms with van der Waals surface area (Å²) in [6.45, 7) is 2.49. The molecule has 2 heterocycles. The van der Waals surface area contributed by atoms with Gasteiger partial charge in [-0.1, -0.05) is 0 Å². The number of carbonyl (C=O) groups is 3. The number of rotatable bonds is 10. The Kier molecular flexibility index (Phi) is 10.2. The maximum Gasteiger partial charge on any atom is 0.410 e. The van der Waals surface area contributed by atoms with Crippen molar-refractivity contribution in [1.82, 2.24) is 14.1 Å². The summed E-state index contributed by atoms with van der Waals surface area (Å²) in [6.07, 6.45) is -0.0690. The van der Waals surface area contributed by atoms with Crippen molar-refractivity contribution < 1.29 is 27.5 Å². The Bertz CT molecular complexity index is 1440. The largest absolute Gasteiger partial charge is 0.450 e. The molecule has 2 aromatic rings. The molecule has 14 heteroatoms. The molecule has 212 valence electrons. The Morgan fingerprint density at radius 1 is 1.10 bits per heavy atom. The summed E-state index contributed by atoms with van der Waals surface area (Å²) in [4.78, 5) is 42.1. The number of thiophene rings is 1. The molecule has 40 heavy (non-hydrogen) atoms. The van der Waals surface area contributed by atoms with Crippen LogP contribution in [0.3, 0.4) is 0 Å². The quantitative estimate of drug-likeness (QED) is 0.444. The number of sulfonamides is 1. The van der Waals surface area contributed by atoms with Gasteiger partial charge in [0.25, 0.3) is 11.8 Å². The van der Waals surface area contributed by atoms with Gasteiger partial charge in [0, 0.05) is 57.0 Å². The lowest BCUT2D eigenvalue weighted by molar-refractivity contribution is 0.0827. The van der Waals surface area contributed by atoms with Crippen LogP contribution in [0.4, 0.5) is 9.80 Å². The number of nitrogens with one attached hydrogen (secondary N) is 1. The first-order chi connectivity index (χ1) is 19.0. The Morgan fingerprint density at radius 2 is 1.73 bits per heavy atom. The highest BCUT2D eigenvalue weighted by atomic mass is 32.2. The van der Waals surface area contributed by atoms with Crippen molar-refractivity contribution in [2.45, 2.75) is 37.6 Å². The van der Waals surface area contributed by atoms with Crippen molar-refractivity contribution in [3.05, 3.63) is 45.8 Å². The van der Waals surface area contributed by atoms with Gasteiger partial charge >= 0.3 is 6.09 Å². The van der Waals surface area contributed by atoms with Crippen molar-refractivity contribution in [1.29, 1.82) is 10.5 Å². The Morgan fingerprint density at radius 3 is 2.27 bits per heavy atom. The van der Waals surface area contributed by atoms with Crippen LogP contribution in [0.5, 0.6) is 0 Å². The van der Waals surface area contributed by atoms with Gasteiger partial charge < -0.3 is 19.9 Å². The van der Waals surface area contributed by atoms with E-state index in [-0.39, 0.29) is 55.4 Å². The third kappa shape index (κ3) is 6.77. The Balaban J connectivity index is 1.86. The molecule has 3 amide bonds. The smallest absolute Gasteiger partial charge is 0.410 e. The number of amides is 3. The van der Waals surface area contributed by atoms with E-state index < -0.39 is 22.0 Å². The summed E-state index contributed by atoms with van der Waals surface area (Å²) in [5.41, 5.74) is 1.31. The third-order valence-corrected chi connectivity index (χ3v) is 9.18. The molecule has 1 aromatic carbocycles. The Labute approximate surface area is 237 Å². The lowest BCUT2D eigenvalue weighted by atomic mass is 10.0. The molecule has 1 N–H and O–H groups in total. The number of ether oxygens (including phenoxy) is 1. The monoisotopic (exact) mass is 586 g/mol. The normalized spacial score (nSPS) is 12.7. The van der Waals surface area contributed by atoms with E-state index in [1.165, 1.54) is 40.5 Å². The lowest BCUT2D eigenvalue weighted by Gasteiger charge is -2.26. The predicted octanol–water partition coefficient (Wildman–Crippen LogP) is 3.03. The highest BCUT2D eigenvalue weighted by Gasteiger charge is 2.32. The zero-order chi connectivity index (χ0) is 29.4. The van der Waals surface area contributed by atoms with Gasteiger partial charge in [0.15, 0.2) is 0 Å². The molecule has 1 aromatic heterocycles. The van der Waals surface area contributed by atoms with Crippen molar-refractivity contribution in [3.63, 3.8) is 0 Å². The number of hydrogen-bond donors (Lipinski definition) is 1. The van der Waals surface area contributed by atoms with Crippen molar-refractivity contribution in [2.75, 3.05) is 45.7 Å². The highest BCUT2D eigenvalue weighted by molar-refractivity contribution is 7.89. The zero-order valence-corrected chi connectivity index (χ0v) is 24.1. The van der Waals surface area contributed by atoms with Gasteiger partial charge in [0.1, 0.15) is 5.00 Å². The minimum absolute atomic E-state index is 0.0263. The summed E-state index contributed by atoms with van der Waals surface area (Å²) in [5.74, 6) is -0.822. The number of benzene rings is 1. The summed E-state index contributed by atoms with van der Waals surface area (Å²) < 4.78 is 32.3. The van der Waals surface area contributed by atoms with Crippen LogP contribution in [0.15, 0.2) is 29.2 Å². The first-order valence-corrected chi connectivity index (χ1v) is 14.7. The van der Waals surface area contributed by atoms with Crippen LogP contribution in [0.25, 0.3) is 0 Å². The molecular weight excluding hydrogens is 556 g/mol.